The second kappa shape index (κ2) is 7.30. The van der Waals surface area contributed by atoms with Crippen molar-refractivity contribution in [3.05, 3.63) is 0 Å². The molecule has 0 aromatic heterocycles. The van der Waals surface area contributed by atoms with Crippen molar-refractivity contribution in [1.29, 1.82) is 0 Å². The third-order valence-corrected chi connectivity index (χ3v) is 2.13. The zero-order chi connectivity index (χ0) is 11.8. The molecule has 0 rings (SSSR count). The number of rotatable bonds is 6. The van der Waals surface area contributed by atoms with Gasteiger partial charge in [-0.3, -0.25) is 9.59 Å². The highest BCUT2D eigenvalue weighted by Crippen LogP contribution is 2.00. The Morgan fingerprint density at radius 3 is 2.47 bits per heavy atom. The number of carbonyl (C=O) groups excluding carboxylic acids is 2. The third-order valence-electron chi connectivity index (χ3n) is 1.79. The minimum Gasteiger partial charge on any atom is -0.465 e. The van der Waals surface area contributed by atoms with Crippen LogP contribution in [0.4, 0.5) is 0 Å². The number of esters is 1. The van der Waals surface area contributed by atoms with Crippen LogP contribution in [0.5, 0.6) is 0 Å². The van der Waals surface area contributed by atoms with Gasteiger partial charge < -0.3 is 15.8 Å². The summed E-state index contributed by atoms with van der Waals surface area (Å²) < 4.78 is 4.82. The maximum atomic E-state index is 10.9. The molecular weight excluding hydrogens is 216 g/mol. The summed E-state index contributed by atoms with van der Waals surface area (Å²) >= 11 is 4.98. The van der Waals surface area contributed by atoms with Crippen LogP contribution in [-0.4, -0.2) is 36.4 Å². The van der Waals surface area contributed by atoms with Gasteiger partial charge in [0.05, 0.1) is 6.54 Å². The summed E-state index contributed by atoms with van der Waals surface area (Å²) in [5, 5.41) is 2.59. The lowest BCUT2D eigenvalue weighted by Gasteiger charge is -2.15. The average Bonchev–Trinajstić information content (AvgIpc) is 2.16. The number of ether oxygens (including phenoxy) is 1. The molecule has 0 saturated carbocycles. The summed E-state index contributed by atoms with van der Waals surface area (Å²) in [6.45, 7) is 3.55. The van der Waals surface area contributed by atoms with Crippen molar-refractivity contribution < 1.29 is 14.3 Å². The highest BCUT2D eigenvalue weighted by Gasteiger charge is 2.13. The molecule has 1 atom stereocenters. The van der Waals surface area contributed by atoms with E-state index in [4.69, 9.17) is 22.7 Å². The Balaban J connectivity index is 3.99. The molecule has 0 radical (unpaired) electrons. The maximum Gasteiger partial charge on any atom is 0.302 e. The topological polar surface area (TPSA) is 81.4 Å². The molecule has 0 saturated heterocycles. The van der Waals surface area contributed by atoms with Gasteiger partial charge in [0.25, 0.3) is 0 Å². The number of amides is 1. The molecule has 0 aromatic carbocycles. The van der Waals surface area contributed by atoms with Gasteiger partial charge in [-0.15, -0.1) is 0 Å². The first-order chi connectivity index (χ1) is 6.97. The van der Waals surface area contributed by atoms with E-state index in [0.717, 1.165) is 0 Å². The van der Waals surface area contributed by atoms with Gasteiger partial charge in [0.1, 0.15) is 6.61 Å². The normalized spacial score (nSPS) is 11.7. The zero-order valence-corrected chi connectivity index (χ0v) is 9.73. The predicted molar refractivity (Wildman–Crippen MR) is 60.5 cm³/mol. The van der Waals surface area contributed by atoms with Crippen molar-refractivity contribution >= 4 is 29.0 Å². The van der Waals surface area contributed by atoms with Crippen LogP contribution in [0.3, 0.4) is 0 Å². The molecule has 0 aliphatic rings. The van der Waals surface area contributed by atoms with Gasteiger partial charge in [-0.2, -0.15) is 0 Å². The first-order valence-corrected chi connectivity index (χ1v) is 4.98. The SMILES string of the molecule is CC(=O)OCC(CNC(=O)CN)C(C)=S. The fraction of sp³-hybridized carbons (Fsp3) is 0.667. The molecule has 5 nitrogen and oxygen atoms in total. The molecule has 0 bridgehead atoms. The Morgan fingerprint density at radius 2 is 2.07 bits per heavy atom. The van der Waals surface area contributed by atoms with Crippen LogP contribution in [0.15, 0.2) is 0 Å². The third kappa shape index (κ3) is 6.98. The van der Waals surface area contributed by atoms with Crippen LogP contribution in [0, 0.1) is 5.92 Å². The molecule has 0 heterocycles. The molecule has 0 aliphatic carbocycles. The number of hydrogen-bond acceptors (Lipinski definition) is 5. The van der Waals surface area contributed by atoms with Crippen LogP contribution in [0.25, 0.3) is 0 Å². The van der Waals surface area contributed by atoms with E-state index in [-0.39, 0.29) is 30.9 Å². The van der Waals surface area contributed by atoms with Gasteiger partial charge >= 0.3 is 5.97 Å². The standard InChI is InChI=1S/C9H16N2O3S/c1-6(15)8(5-14-7(2)12)4-11-9(13)3-10/h8H,3-5,10H2,1-2H3,(H,11,13). The molecule has 3 N–H and O–H groups in total. The monoisotopic (exact) mass is 232 g/mol. The Morgan fingerprint density at radius 1 is 1.47 bits per heavy atom. The highest BCUT2D eigenvalue weighted by atomic mass is 32.1. The second-order valence-corrected chi connectivity index (χ2v) is 3.76. The molecule has 6 heteroatoms. The van der Waals surface area contributed by atoms with E-state index >= 15 is 0 Å². The van der Waals surface area contributed by atoms with Gasteiger partial charge in [-0.25, -0.2) is 0 Å². The van der Waals surface area contributed by atoms with Crippen LogP contribution in [-0.2, 0) is 14.3 Å². The lowest BCUT2D eigenvalue weighted by Crippen LogP contribution is -2.37. The van der Waals surface area contributed by atoms with Gasteiger partial charge in [0.15, 0.2) is 0 Å². The largest absolute Gasteiger partial charge is 0.465 e. The van der Waals surface area contributed by atoms with Crippen molar-refractivity contribution in [2.45, 2.75) is 13.8 Å². The van der Waals surface area contributed by atoms with Crippen LogP contribution in [0.2, 0.25) is 0 Å². The summed E-state index contributed by atoms with van der Waals surface area (Å²) in [6, 6.07) is 0. The van der Waals surface area contributed by atoms with Gasteiger partial charge in [-0.1, -0.05) is 12.2 Å². The fourth-order valence-electron chi connectivity index (χ4n) is 0.847. The van der Waals surface area contributed by atoms with E-state index in [0.29, 0.717) is 11.4 Å². The fourth-order valence-corrected chi connectivity index (χ4v) is 0.999. The minimum atomic E-state index is -0.360. The Hall–Kier alpha value is -1.01. The van der Waals surface area contributed by atoms with E-state index in [2.05, 4.69) is 5.32 Å². The van der Waals surface area contributed by atoms with Gasteiger partial charge in [0.2, 0.25) is 5.91 Å². The van der Waals surface area contributed by atoms with E-state index in [1.54, 1.807) is 6.92 Å². The number of carbonyl (C=O) groups is 2. The lowest BCUT2D eigenvalue weighted by atomic mass is 10.1. The van der Waals surface area contributed by atoms with Crippen LogP contribution >= 0.6 is 12.2 Å². The number of nitrogens with one attached hydrogen (secondary N) is 1. The summed E-state index contributed by atoms with van der Waals surface area (Å²) in [6.07, 6.45) is 0. The van der Waals surface area contributed by atoms with E-state index in [9.17, 15) is 9.59 Å². The van der Waals surface area contributed by atoms with Crippen LogP contribution in [0.1, 0.15) is 13.8 Å². The molecular formula is C9H16N2O3S. The predicted octanol–water partition coefficient (Wildman–Crippen LogP) is -0.370. The van der Waals surface area contributed by atoms with E-state index < -0.39 is 0 Å². The molecule has 1 unspecified atom stereocenters. The molecule has 0 aliphatic heterocycles. The first kappa shape index (κ1) is 14.0. The molecule has 1 amide bonds. The quantitative estimate of drug-likeness (QED) is 0.482. The number of hydrogen-bond donors (Lipinski definition) is 2. The summed E-state index contributed by atoms with van der Waals surface area (Å²) in [4.78, 5) is 22.2. The summed E-state index contributed by atoms with van der Waals surface area (Å²) in [5.41, 5.74) is 5.13. The van der Waals surface area contributed by atoms with Crippen LogP contribution < -0.4 is 11.1 Å². The van der Waals surface area contributed by atoms with E-state index in [1.807, 2.05) is 0 Å². The first-order valence-electron chi connectivity index (χ1n) is 4.58. The molecule has 86 valence electrons. The summed E-state index contributed by atoms with van der Waals surface area (Å²) in [5.74, 6) is -0.750. The van der Waals surface area contributed by atoms with Crippen molar-refractivity contribution in [1.82, 2.24) is 5.32 Å². The minimum absolute atomic E-state index is 0.0588. The Labute approximate surface area is 94.3 Å². The number of thiocarbonyl (C=S) groups is 1. The van der Waals surface area contributed by atoms with Gasteiger partial charge in [-0.05, 0) is 11.8 Å². The van der Waals surface area contributed by atoms with Gasteiger partial charge in [0, 0.05) is 19.4 Å². The molecule has 0 spiro atoms. The summed E-state index contributed by atoms with van der Waals surface area (Å²) in [7, 11) is 0. The number of nitrogens with two attached hydrogens (primary N) is 1. The van der Waals surface area contributed by atoms with Crippen molar-refractivity contribution in [3.8, 4) is 0 Å². The second-order valence-electron chi connectivity index (χ2n) is 3.12. The van der Waals surface area contributed by atoms with Crippen molar-refractivity contribution in [2.75, 3.05) is 19.7 Å². The van der Waals surface area contributed by atoms with Crippen molar-refractivity contribution in [2.24, 2.45) is 11.7 Å². The van der Waals surface area contributed by atoms with E-state index in [1.165, 1.54) is 6.92 Å². The highest BCUT2D eigenvalue weighted by molar-refractivity contribution is 7.80. The maximum absolute atomic E-state index is 10.9. The molecule has 0 aromatic rings. The smallest absolute Gasteiger partial charge is 0.302 e. The lowest BCUT2D eigenvalue weighted by molar-refractivity contribution is -0.141. The molecule has 15 heavy (non-hydrogen) atoms. The zero-order valence-electron chi connectivity index (χ0n) is 8.91. The average molecular weight is 232 g/mol. The Bertz CT molecular complexity index is 256. The van der Waals surface area contributed by atoms with Crippen molar-refractivity contribution in [3.63, 3.8) is 0 Å². The Kier molecular flexibility index (Phi) is 6.81. The molecule has 0 fully saturated rings.